The van der Waals surface area contributed by atoms with Crippen molar-refractivity contribution in [1.82, 2.24) is 25.1 Å². The first-order chi connectivity index (χ1) is 12.7. The van der Waals surface area contributed by atoms with E-state index < -0.39 is 0 Å². The summed E-state index contributed by atoms with van der Waals surface area (Å²) in [5, 5.41) is 14.0. The molecule has 0 unspecified atom stereocenters. The molecule has 26 heavy (non-hydrogen) atoms. The maximum atomic E-state index is 13.2. The Bertz CT molecular complexity index is 918. The summed E-state index contributed by atoms with van der Waals surface area (Å²) in [4.78, 5) is 15.9. The van der Waals surface area contributed by atoms with Gasteiger partial charge in [-0.2, -0.15) is 4.68 Å². The summed E-state index contributed by atoms with van der Waals surface area (Å²) in [6.07, 6.45) is 2.64. The lowest BCUT2D eigenvalue weighted by Gasteiger charge is -2.18. The molecule has 1 aromatic carbocycles. The molecule has 0 saturated carbocycles. The monoisotopic (exact) mass is 366 g/mol. The fourth-order valence-electron chi connectivity index (χ4n) is 2.97. The van der Waals surface area contributed by atoms with Crippen molar-refractivity contribution in [3.63, 3.8) is 0 Å². The lowest BCUT2D eigenvalue weighted by molar-refractivity contribution is -0.124. The molecule has 0 radical (unpaired) electrons. The average molecular weight is 366 g/mol. The molecule has 3 aromatic rings. The van der Waals surface area contributed by atoms with Gasteiger partial charge in [-0.25, -0.2) is 0 Å². The maximum absolute atomic E-state index is 13.2. The number of rotatable bonds is 4. The van der Waals surface area contributed by atoms with E-state index in [4.69, 9.17) is 5.73 Å². The number of likely N-dealkylation sites (tertiary alicyclic amines) is 1. The number of carbonyl (C=O) groups is 1. The molecule has 2 N–H and O–H groups in total. The van der Waals surface area contributed by atoms with Crippen LogP contribution in [0.3, 0.4) is 0 Å². The van der Waals surface area contributed by atoms with Crippen LogP contribution in [0.25, 0.3) is 23.2 Å². The fraction of sp³-hybridized carbons (Fsp3) is 0.222. The van der Waals surface area contributed by atoms with Crippen LogP contribution in [-0.2, 0) is 4.79 Å². The zero-order valence-corrected chi connectivity index (χ0v) is 14.8. The van der Waals surface area contributed by atoms with Crippen LogP contribution in [0, 0.1) is 0 Å². The zero-order valence-electron chi connectivity index (χ0n) is 14.0. The van der Waals surface area contributed by atoms with Crippen LogP contribution in [0.15, 0.2) is 47.8 Å². The Morgan fingerprint density at radius 2 is 2.08 bits per heavy atom. The number of amides is 1. The van der Waals surface area contributed by atoms with Gasteiger partial charge in [-0.3, -0.25) is 4.79 Å². The number of aromatic nitrogens is 4. The fourth-order valence-corrected chi connectivity index (χ4v) is 3.62. The molecule has 0 aliphatic carbocycles. The van der Waals surface area contributed by atoms with E-state index in [1.165, 1.54) is 4.68 Å². The third kappa shape index (κ3) is 3.29. The molecule has 8 heteroatoms. The van der Waals surface area contributed by atoms with E-state index in [1.807, 2.05) is 53.9 Å². The minimum Gasteiger partial charge on any atom is -0.336 e. The van der Waals surface area contributed by atoms with E-state index in [1.54, 1.807) is 16.2 Å². The number of hydrogen-bond acceptors (Lipinski definition) is 6. The zero-order chi connectivity index (χ0) is 17.9. The third-order valence-corrected chi connectivity index (χ3v) is 5.10. The van der Waals surface area contributed by atoms with Gasteiger partial charge in [-0.1, -0.05) is 36.4 Å². The van der Waals surface area contributed by atoms with Crippen molar-refractivity contribution in [3.8, 4) is 11.4 Å². The van der Waals surface area contributed by atoms with E-state index >= 15 is 0 Å². The second kappa shape index (κ2) is 7.19. The summed E-state index contributed by atoms with van der Waals surface area (Å²) in [5.74, 6) is 0.418. The molecule has 1 aliphatic heterocycles. The predicted octanol–water partition coefficient (Wildman–Crippen LogP) is 1.96. The van der Waals surface area contributed by atoms with E-state index in [9.17, 15) is 4.79 Å². The average Bonchev–Trinajstić information content (AvgIpc) is 3.41. The molecule has 0 spiro atoms. The number of nitrogens with two attached hydrogens (primary N) is 1. The Morgan fingerprint density at radius 1 is 1.23 bits per heavy atom. The van der Waals surface area contributed by atoms with Gasteiger partial charge >= 0.3 is 0 Å². The Hall–Kier alpha value is -2.84. The summed E-state index contributed by atoms with van der Waals surface area (Å²) in [6, 6.07) is 13.5. The first-order valence-electron chi connectivity index (χ1n) is 8.36. The van der Waals surface area contributed by atoms with Gasteiger partial charge < -0.3 is 10.6 Å². The normalized spacial score (nSPS) is 17.7. The smallest absolute Gasteiger partial charge is 0.272 e. The van der Waals surface area contributed by atoms with Crippen LogP contribution in [0.1, 0.15) is 11.3 Å². The summed E-state index contributed by atoms with van der Waals surface area (Å²) < 4.78 is 1.52. The van der Waals surface area contributed by atoms with E-state index in [0.29, 0.717) is 24.6 Å². The van der Waals surface area contributed by atoms with Gasteiger partial charge in [0.05, 0.1) is 0 Å². The highest BCUT2D eigenvalue weighted by Gasteiger charge is 2.29. The van der Waals surface area contributed by atoms with Crippen LogP contribution < -0.4 is 5.73 Å². The number of benzene rings is 1. The van der Waals surface area contributed by atoms with Crippen LogP contribution >= 0.6 is 11.3 Å². The molecule has 2 aromatic heterocycles. The third-order valence-electron chi connectivity index (χ3n) is 4.28. The SMILES string of the molecule is N[C@@H]1CCN(C(=O)/C(=C\c2cccs2)n2nnnc2-c2ccccc2)C1. The van der Waals surface area contributed by atoms with Crippen LogP contribution in [0.4, 0.5) is 0 Å². The Labute approximate surface area is 154 Å². The van der Waals surface area contributed by atoms with Crippen molar-refractivity contribution in [2.24, 2.45) is 5.73 Å². The highest BCUT2D eigenvalue weighted by Crippen LogP contribution is 2.24. The largest absolute Gasteiger partial charge is 0.336 e. The van der Waals surface area contributed by atoms with Gasteiger partial charge in [0.25, 0.3) is 5.91 Å². The molecule has 1 amide bonds. The summed E-state index contributed by atoms with van der Waals surface area (Å²) in [5.41, 5.74) is 7.25. The van der Waals surface area contributed by atoms with Crippen molar-refractivity contribution >= 4 is 29.0 Å². The molecule has 7 nitrogen and oxygen atoms in total. The first-order valence-corrected chi connectivity index (χ1v) is 9.24. The van der Waals surface area contributed by atoms with Crippen molar-refractivity contribution in [2.45, 2.75) is 12.5 Å². The molecule has 0 bridgehead atoms. The molecule has 132 valence electrons. The number of carbonyl (C=O) groups excluding carboxylic acids is 1. The van der Waals surface area contributed by atoms with Crippen molar-refractivity contribution in [2.75, 3.05) is 13.1 Å². The first kappa shape index (κ1) is 16.6. The molecular formula is C18H18N6OS. The maximum Gasteiger partial charge on any atom is 0.272 e. The van der Waals surface area contributed by atoms with Gasteiger partial charge in [0.15, 0.2) is 5.82 Å². The van der Waals surface area contributed by atoms with E-state index in [-0.39, 0.29) is 11.9 Å². The highest BCUT2D eigenvalue weighted by molar-refractivity contribution is 7.10. The molecule has 4 rings (SSSR count). The lowest BCUT2D eigenvalue weighted by atomic mass is 10.2. The van der Waals surface area contributed by atoms with Crippen molar-refractivity contribution in [1.29, 1.82) is 0 Å². The number of hydrogen-bond donors (Lipinski definition) is 1. The minimum atomic E-state index is -0.115. The van der Waals surface area contributed by atoms with Crippen LogP contribution in [0.2, 0.25) is 0 Å². The van der Waals surface area contributed by atoms with Crippen LogP contribution in [0.5, 0.6) is 0 Å². The molecule has 1 atom stereocenters. The van der Waals surface area contributed by atoms with Crippen molar-refractivity contribution < 1.29 is 4.79 Å². The van der Waals surface area contributed by atoms with Gasteiger partial charge in [0, 0.05) is 29.6 Å². The van der Waals surface area contributed by atoms with Gasteiger partial charge in [-0.05, 0) is 34.4 Å². The molecule has 1 fully saturated rings. The van der Waals surface area contributed by atoms with E-state index in [0.717, 1.165) is 16.9 Å². The van der Waals surface area contributed by atoms with E-state index in [2.05, 4.69) is 15.5 Å². The second-order valence-electron chi connectivity index (χ2n) is 6.13. The standard InChI is InChI=1S/C18H18N6OS/c19-14-8-9-23(12-14)18(25)16(11-15-7-4-10-26-15)24-17(20-21-22-24)13-5-2-1-3-6-13/h1-7,10-11,14H,8-9,12,19H2/b16-11+/t14-/m1/s1. The van der Waals surface area contributed by atoms with Gasteiger partial charge in [0.2, 0.25) is 0 Å². The number of tetrazole rings is 1. The van der Waals surface area contributed by atoms with Crippen molar-refractivity contribution in [3.05, 3.63) is 52.7 Å². The van der Waals surface area contributed by atoms with Gasteiger partial charge in [0.1, 0.15) is 5.70 Å². The molecule has 3 heterocycles. The quantitative estimate of drug-likeness (QED) is 0.713. The highest BCUT2D eigenvalue weighted by atomic mass is 32.1. The summed E-state index contributed by atoms with van der Waals surface area (Å²) in [6.45, 7) is 1.19. The molecular weight excluding hydrogens is 348 g/mol. The topological polar surface area (TPSA) is 89.9 Å². The second-order valence-corrected chi connectivity index (χ2v) is 7.10. The Kier molecular flexibility index (Phi) is 4.59. The lowest BCUT2D eigenvalue weighted by Crippen LogP contribution is -2.34. The molecule has 1 aliphatic rings. The van der Waals surface area contributed by atoms with Gasteiger partial charge in [-0.15, -0.1) is 16.4 Å². The predicted molar refractivity (Wildman–Crippen MR) is 101 cm³/mol. The Morgan fingerprint density at radius 3 is 2.77 bits per heavy atom. The van der Waals surface area contributed by atoms with Crippen LogP contribution in [-0.4, -0.2) is 50.1 Å². The minimum absolute atomic E-state index is 0.0180. The molecule has 1 saturated heterocycles. The summed E-state index contributed by atoms with van der Waals surface area (Å²) >= 11 is 1.56. The number of nitrogens with zero attached hydrogens (tertiary/aromatic N) is 5. The Balaban J connectivity index is 1.78. The number of thiophene rings is 1. The summed E-state index contributed by atoms with van der Waals surface area (Å²) in [7, 11) is 0.